The van der Waals surface area contributed by atoms with Gasteiger partial charge in [-0.3, -0.25) is 13.9 Å². The lowest BCUT2D eigenvalue weighted by molar-refractivity contribution is -0.121. The van der Waals surface area contributed by atoms with Crippen molar-refractivity contribution >= 4 is 55.7 Å². The summed E-state index contributed by atoms with van der Waals surface area (Å²) in [6.07, 6.45) is -1.16. The second kappa shape index (κ2) is 12.6. The number of anilines is 2. The van der Waals surface area contributed by atoms with Gasteiger partial charge in [-0.25, -0.2) is 0 Å². The summed E-state index contributed by atoms with van der Waals surface area (Å²) in [4.78, 5) is 50.7. The number of halogens is 2. The van der Waals surface area contributed by atoms with E-state index in [4.69, 9.17) is 42.8 Å². The summed E-state index contributed by atoms with van der Waals surface area (Å²) in [6, 6.07) is 6.61. The molecule has 0 aromatic heterocycles. The second-order valence-electron chi connectivity index (χ2n) is 7.03. The van der Waals surface area contributed by atoms with Crippen LogP contribution in [-0.4, -0.2) is 73.1 Å². The largest absolute Gasteiger partial charge is 0.374 e. The first-order chi connectivity index (χ1) is 14.8. The molecule has 7 N–H and O–H groups in total. The predicted molar refractivity (Wildman–Crippen MR) is 124 cm³/mol. The summed E-state index contributed by atoms with van der Waals surface area (Å²) >= 11 is 11.6. The predicted octanol–water partition coefficient (Wildman–Crippen LogP) is 1.67. The molecule has 1 amide bonds. The van der Waals surface area contributed by atoms with E-state index >= 15 is 0 Å². The zero-order valence-electron chi connectivity index (χ0n) is 17.4. The Balaban J connectivity index is 2.60. The number of carbonyl (C=O) groups is 1. The molecule has 0 fully saturated rings. The summed E-state index contributed by atoms with van der Waals surface area (Å²) in [7, 11) is -11.0. The first-order valence-electron chi connectivity index (χ1n) is 9.61. The topological polar surface area (TPSA) is 180 Å². The Morgan fingerprint density at radius 2 is 1.56 bits per heavy atom. The van der Waals surface area contributed by atoms with Gasteiger partial charge in [-0.15, -0.1) is 23.2 Å². The third kappa shape index (κ3) is 8.17. The highest BCUT2D eigenvalue weighted by Gasteiger charge is 2.58. The highest BCUT2D eigenvalue weighted by molar-refractivity contribution is 7.72. The average molecular weight is 536 g/mol. The number of alkyl halides is 2. The summed E-state index contributed by atoms with van der Waals surface area (Å²) in [5.74, 6) is 0.456. The van der Waals surface area contributed by atoms with Crippen LogP contribution < -0.4 is 15.5 Å². The number of hydrogen-bond acceptors (Lipinski definition) is 6. The lowest BCUT2D eigenvalue weighted by atomic mass is 10.2. The van der Waals surface area contributed by atoms with Crippen LogP contribution in [0.5, 0.6) is 0 Å². The number of benzene rings is 1. The van der Waals surface area contributed by atoms with E-state index in [1.807, 2.05) is 17.0 Å². The molecule has 0 aliphatic carbocycles. The summed E-state index contributed by atoms with van der Waals surface area (Å²) < 4.78 is 22.6. The summed E-state index contributed by atoms with van der Waals surface area (Å²) in [5.41, 5.74) is 1.60. The molecule has 1 atom stereocenters. The third-order valence-corrected chi connectivity index (χ3v) is 8.85. The number of carbonyl (C=O) groups excluding carboxylic acids is 1. The van der Waals surface area contributed by atoms with Crippen molar-refractivity contribution in [2.45, 2.75) is 30.9 Å². The molecule has 0 aliphatic heterocycles. The van der Waals surface area contributed by atoms with Crippen LogP contribution >= 0.6 is 38.4 Å². The summed E-state index contributed by atoms with van der Waals surface area (Å²) in [6.45, 7) is 2.72. The van der Waals surface area contributed by atoms with Gasteiger partial charge in [0, 0.05) is 49.2 Å². The molecule has 1 rings (SSSR count). The van der Waals surface area contributed by atoms with Crippen LogP contribution in [0.3, 0.4) is 0 Å². The van der Waals surface area contributed by atoms with Crippen LogP contribution in [0.4, 0.5) is 11.4 Å². The molecule has 0 heterocycles. The molecule has 0 radical (unpaired) electrons. The fourth-order valence-electron chi connectivity index (χ4n) is 2.81. The van der Waals surface area contributed by atoms with Gasteiger partial charge < -0.3 is 40.2 Å². The molecule has 1 aromatic carbocycles. The molecule has 11 nitrogen and oxygen atoms in total. The van der Waals surface area contributed by atoms with E-state index in [1.165, 1.54) is 0 Å². The molecule has 32 heavy (non-hydrogen) atoms. The highest BCUT2D eigenvalue weighted by atomic mass is 35.5. The normalized spacial score (nSPS) is 13.5. The van der Waals surface area contributed by atoms with Crippen molar-refractivity contribution < 1.29 is 38.6 Å². The lowest BCUT2D eigenvalue weighted by Gasteiger charge is -2.29. The maximum atomic E-state index is 12.2. The molecule has 0 spiro atoms. The van der Waals surface area contributed by atoms with Crippen LogP contribution in [0.1, 0.15) is 19.8 Å². The molecule has 0 saturated carbocycles. The first-order valence-corrected chi connectivity index (χ1v) is 13.9. The van der Waals surface area contributed by atoms with Crippen LogP contribution in [0, 0.1) is 0 Å². The summed E-state index contributed by atoms with van der Waals surface area (Å²) in [5, 5.41) is 11.8. The van der Waals surface area contributed by atoms with Crippen LogP contribution in [0.15, 0.2) is 24.3 Å². The second-order valence-corrected chi connectivity index (χ2v) is 11.8. The van der Waals surface area contributed by atoms with Crippen molar-refractivity contribution in [2.24, 2.45) is 0 Å². The van der Waals surface area contributed by atoms with Crippen molar-refractivity contribution in [2.75, 3.05) is 41.6 Å². The SMILES string of the molecule is C[C@H](Nc1ccc(N(CCCl)CCCl)cc1)C(=O)NCCCC(O)(P(=O)(O)O)P(=O)(O)O. The van der Waals surface area contributed by atoms with Gasteiger partial charge in [-0.1, -0.05) is 0 Å². The molecule has 0 bridgehead atoms. The van der Waals surface area contributed by atoms with Crippen molar-refractivity contribution in [3.8, 4) is 0 Å². The Morgan fingerprint density at radius 1 is 1.06 bits per heavy atom. The van der Waals surface area contributed by atoms with E-state index < -0.39 is 38.6 Å². The van der Waals surface area contributed by atoms with Crippen LogP contribution in [-0.2, 0) is 13.9 Å². The van der Waals surface area contributed by atoms with Gasteiger partial charge in [0.15, 0.2) is 0 Å². The minimum atomic E-state index is -5.51. The number of nitrogens with one attached hydrogen (secondary N) is 2. The van der Waals surface area contributed by atoms with E-state index in [-0.39, 0.29) is 13.0 Å². The molecular formula is C17H29Cl2N3O8P2. The van der Waals surface area contributed by atoms with Gasteiger partial charge in [0.25, 0.3) is 5.08 Å². The van der Waals surface area contributed by atoms with Crippen molar-refractivity contribution in [3.05, 3.63) is 24.3 Å². The monoisotopic (exact) mass is 535 g/mol. The molecular weight excluding hydrogens is 507 g/mol. The number of rotatable bonds is 14. The van der Waals surface area contributed by atoms with E-state index in [2.05, 4.69) is 10.6 Å². The highest BCUT2D eigenvalue weighted by Crippen LogP contribution is 2.69. The van der Waals surface area contributed by atoms with E-state index in [0.29, 0.717) is 30.5 Å². The number of hydrogen-bond donors (Lipinski definition) is 7. The Bertz CT molecular complexity index is 806. The van der Waals surface area contributed by atoms with E-state index in [0.717, 1.165) is 5.69 Å². The number of nitrogens with zero attached hydrogens (tertiary/aromatic N) is 1. The van der Waals surface area contributed by atoms with Crippen LogP contribution in [0.2, 0.25) is 0 Å². The molecule has 184 valence electrons. The Kier molecular flexibility index (Phi) is 11.4. The van der Waals surface area contributed by atoms with Gasteiger partial charge >= 0.3 is 15.2 Å². The van der Waals surface area contributed by atoms with E-state index in [1.54, 1.807) is 19.1 Å². The molecule has 1 aromatic rings. The zero-order valence-corrected chi connectivity index (χ0v) is 20.7. The maximum Gasteiger partial charge on any atom is 0.369 e. The van der Waals surface area contributed by atoms with Gasteiger partial charge in [0.2, 0.25) is 5.91 Å². The fourth-order valence-corrected chi connectivity index (χ4v) is 5.47. The maximum absolute atomic E-state index is 12.2. The number of amides is 1. The van der Waals surface area contributed by atoms with Crippen molar-refractivity contribution in [3.63, 3.8) is 0 Å². The minimum absolute atomic E-state index is 0.155. The molecule has 15 heteroatoms. The first kappa shape index (κ1) is 29.2. The quantitative estimate of drug-likeness (QED) is 0.105. The van der Waals surface area contributed by atoms with Crippen molar-refractivity contribution in [1.29, 1.82) is 0 Å². The Morgan fingerprint density at radius 3 is 2.00 bits per heavy atom. The third-order valence-electron chi connectivity index (χ3n) is 4.64. The van der Waals surface area contributed by atoms with Gasteiger partial charge in [-0.05, 0) is 37.6 Å². The Labute approximate surface area is 196 Å². The smallest absolute Gasteiger partial charge is 0.369 e. The molecule has 0 aliphatic rings. The van der Waals surface area contributed by atoms with Crippen molar-refractivity contribution in [1.82, 2.24) is 5.32 Å². The molecule has 0 saturated heterocycles. The Hall–Kier alpha value is -0.870. The minimum Gasteiger partial charge on any atom is -0.374 e. The van der Waals surface area contributed by atoms with Gasteiger partial charge in [0.05, 0.1) is 0 Å². The fraction of sp³-hybridized carbons (Fsp3) is 0.588. The van der Waals surface area contributed by atoms with Crippen LogP contribution in [0.25, 0.3) is 0 Å². The van der Waals surface area contributed by atoms with Gasteiger partial charge in [-0.2, -0.15) is 0 Å². The molecule has 0 unspecified atom stereocenters. The van der Waals surface area contributed by atoms with E-state index in [9.17, 15) is 19.0 Å². The lowest BCUT2D eigenvalue weighted by Crippen LogP contribution is -2.38. The standard InChI is InChI=1S/C17H29Cl2N3O8P2/c1-13(21-14-3-5-15(6-4-14)22(11-8-18)12-9-19)16(23)20-10-2-7-17(24,31(25,26)27)32(28,29)30/h3-6,13,21,24H,2,7-12H2,1H3,(H,20,23)(H2,25,26,27)(H2,28,29,30)/t13-/m0/s1. The zero-order chi connectivity index (χ0) is 24.6. The average Bonchev–Trinajstić information content (AvgIpc) is 2.69. The van der Waals surface area contributed by atoms with Gasteiger partial charge in [0.1, 0.15) is 6.04 Å². The number of aliphatic hydroxyl groups is 1.